The summed E-state index contributed by atoms with van der Waals surface area (Å²) in [5.41, 5.74) is 0.996. The Morgan fingerprint density at radius 2 is 1.81 bits per heavy atom. The van der Waals surface area contributed by atoms with Gasteiger partial charge in [0.15, 0.2) is 0 Å². The molecule has 4 rings (SSSR count). The van der Waals surface area contributed by atoms with E-state index in [1.165, 1.54) is 28.6 Å². The molecule has 1 aromatic heterocycles. The van der Waals surface area contributed by atoms with E-state index in [2.05, 4.69) is 31.4 Å². The molecule has 8 nitrogen and oxygen atoms in total. The zero-order valence-electron chi connectivity index (χ0n) is 17.5. The van der Waals surface area contributed by atoms with E-state index in [1.807, 2.05) is 24.3 Å². The van der Waals surface area contributed by atoms with Crippen molar-refractivity contribution < 1.29 is 17.6 Å². The summed E-state index contributed by atoms with van der Waals surface area (Å²) in [5.74, 6) is -0.201. The average molecular weight is 519 g/mol. The zero-order chi connectivity index (χ0) is 22.7. The van der Waals surface area contributed by atoms with Gasteiger partial charge in [0.05, 0.1) is 4.90 Å². The number of rotatable bonds is 6. The Labute approximate surface area is 195 Å². The maximum Gasteiger partial charge on any atom is 0.322 e. The van der Waals surface area contributed by atoms with Crippen molar-refractivity contribution >= 4 is 37.9 Å². The van der Waals surface area contributed by atoms with Crippen LogP contribution in [0.2, 0.25) is 0 Å². The van der Waals surface area contributed by atoms with E-state index in [0.717, 1.165) is 36.6 Å². The van der Waals surface area contributed by atoms with Gasteiger partial charge in [0, 0.05) is 28.7 Å². The molecule has 1 aliphatic carbocycles. The van der Waals surface area contributed by atoms with Crippen LogP contribution < -0.4 is 5.32 Å². The number of benzene rings is 2. The molecule has 168 valence electrons. The summed E-state index contributed by atoms with van der Waals surface area (Å²) >= 11 is 3.38. The van der Waals surface area contributed by atoms with E-state index in [9.17, 15) is 13.2 Å². The van der Waals surface area contributed by atoms with Gasteiger partial charge in [-0.25, -0.2) is 8.42 Å². The molecule has 1 amide bonds. The third-order valence-corrected chi connectivity index (χ3v) is 8.02. The summed E-state index contributed by atoms with van der Waals surface area (Å²) < 4.78 is 33.7. The highest BCUT2D eigenvalue weighted by molar-refractivity contribution is 9.10. The van der Waals surface area contributed by atoms with Gasteiger partial charge < -0.3 is 4.42 Å². The summed E-state index contributed by atoms with van der Waals surface area (Å²) in [7, 11) is -1.98. The molecule has 0 radical (unpaired) electrons. The molecule has 1 heterocycles. The first-order valence-electron chi connectivity index (χ1n) is 10.3. The van der Waals surface area contributed by atoms with Gasteiger partial charge in [-0.1, -0.05) is 46.4 Å². The van der Waals surface area contributed by atoms with Gasteiger partial charge in [-0.15, -0.1) is 5.10 Å². The Kier molecular flexibility index (Phi) is 6.73. The monoisotopic (exact) mass is 518 g/mol. The van der Waals surface area contributed by atoms with Gasteiger partial charge in [-0.2, -0.15) is 4.31 Å². The molecule has 10 heteroatoms. The predicted octanol–water partition coefficient (Wildman–Crippen LogP) is 4.70. The van der Waals surface area contributed by atoms with Crippen molar-refractivity contribution in [3.63, 3.8) is 0 Å². The topological polar surface area (TPSA) is 105 Å². The van der Waals surface area contributed by atoms with Crippen LogP contribution in [0.1, 0.15) is 42.5 Å². The van der Waals surface area contributed by atoms with E-state index >= 15 is 0 Å². The summed E-state index contributed by atoms with van der Waals surface area (Å²) in [6.45, 7) is 0. The van der Waals surface area contributed by atoms with E-state index in [-0.39, 0.29) is 28.4 Å². The molecule has 3 aromatic rings. The first-order valence-corrected chi connectivity index (χ1v) is 12.6. The lowest BCUT2D eigenvalue weighted by Gasteiger charge is -2.30. The summed E-state index contributed by atoms with van der Waals surface area (Å²) in [4.78, 5) is 12.7. The average Bonchev–Trinajstić information content (AvgIpc) is 3.27. The number of aromatic nitrogens is 2. The molecular formula is C22H23BrN4O4S. The van der Waals surface area contributed by atoms with Crippen LogP contribution >= 0.6 is 15.9 Å². The van der Waals surface area contributed by atoms with Gasteiger partial charge in [-0.05, 0) is 55.3 Å². The normalized spacial score (nSPS) is 15.1. The van der Waals surface area contributed by atoms with Crippen LogP contribution in [-0.4, -0.2) is 41.9 Å². The van der Waals surface area contributed by atoms with Gasteiger partial charge in [-0.3, -0.25) is 10.1 Å². The molecule has 1 fully saturated rings. The van der Waals surface area contributed by atoms with Crippen LogP contribution in [0.3, 0.4) is 0 Å². The van der Waals surface area contributed by atoms with E-state index in [0.29, 0.717) is 5.56 Å². The Morgan fingerprint density at radius 3 is 2.50 bits per heavy atom. The molecule has 2 aromatic carbocycles. The maximum absolute atomic E-state index is 13.0. The Bertz CT molecular complexity index is 1200. The number of carbonyl (C=O) groups excluding carboxylic acids is 1. The van der Waals surface area contributed by atoms with Crippen LogP contribution in [0.4, 0.5) is 6.01 Å². The standard InChI is InChI=1S/C22H23BrN4O4S/c1-27(18-8-3-2-4-9-18)32(29,30)19-12-10-15(11-13-19)20(28)24-22-26-25-21(31-22)16-6-5-7-17(23)14-16/h5-7,10-14,18H,2-4,8-9H2,1H3,(H,24,26,28). The lowest BCUT2D eigenvalue weighted by atomic mass is 9.96. The quantitative estimate of drug-likeness (QED) is 0.506. The van der Waals surface area contributed by atoms with Gasteiger partial charge >= 0.3 is 6.01 Å². The lowest BCUT2D eigenvalue weighted by Crippen LogP contribution is -2.38. The second-order valence-corrected chi connectivity index (χ2v) is 10.6. The Morgan fingerprint density at radius 1 is 1.09 bits per heavy atom. The third kappa shape index (κ3) is 4.92. The molecule has 0 spiro atoms. The number of nitrogens with one attached hydrogen (secondary N) is 1. The van der Waals surface area contributed by atoms with Crippen molar-refractivity contribution in [1.29, 1.82) is 0 Å². The van der Waals surface area contributed by atoms with Crippen LogP contribution in [-0.2, 0) is 10.0 Å². The number of hydrogen-bond acceptors (Lipinski definition) is 6. The Balaban J connectivity index is 1.44. The summed E-state index contributed by atoms with van der Waals surface area (Å²) in [5, 5.41) is 10.3. The molecule has 1 N–H and O–H groups in total. The minimum absolute atomic E-state index is 0.0219. The zero-order valence-corrected chi connectivity index (χ0v) is 19.9. The third-order valence-electron chi connectivity index (χ3n) is 5.60. The van der Waals surface area contributed by atoms with Crippen molar-refractivity contribution in [1.82, 2.24) is 14.5 Å². The number of halogens is 1. The minimum Gasteiger partial charge on any atom is -0.403 e. The first-order chi connectivity index (χ1) is 15.3. The van der Waals surface area contributed by atoms with Crippen LogP contribution in [0.15, 0.2) is 62.3 Å². The molecule has 0 saturated heterocycles. The molecule has 1 aliphatic rings. The predicted molar refractivity (Wildman–Crippen MR) is 124 cm³/mol. The summed E-state index contributed by atoms with van der Waals surface area (Å²) in [6.07, 6.45) is 4.99. The highest BCUT2D eigenvalue weighted by Crippen LogP contribution is 2.27. The van der Waals surface area contributed by atoms with Crippen LogP contribution in [0, 0.1) is 0 Å². The first kappa shape index (κ1) is 22.6. The lowest BCUT2D eigenvalue weighted by molar-refractivity contribution is 0.102. The molecule has 0 bridgehead atoms. The van der Waals surface area contributed by atoms with E-state index in [4.69, 9.17) is 4.42 Å². The van der Waals surface area contributed by atoms with Crippen molar-refractivity contribution in [3.05, 3.63) is 58.6 Å². The smallest absolute Gasteiger partial charge is 0.322 e. The Hall–Kier alpha value is -2.56. The number of amides is 1. The molecule has 0 aliphatic heterocycles. The highest BCUT2D eigenvalue weighted by Gasteiger charge is 2.29. The number of hydrogen-bond donors (Lipinski definition) is 1. The van der Waals surface area contributed by atoms with Gasteiger partial charge in [0.2, 0.25) is 15.9 Å². The highest BCUT2D eigenvalue weighted by atomic mass is 79.9. The largest absolute Gasteiger partial charge is 0.403 e. The number of sulfonamides is 1. The molecule has 32 heavy (non-hydrogen) atoms. The van der Waals surface area contributed by atoms with E-state index < -0.39 is 15.9 Å². The van der Waals surface area contributed by atoms with Crippen molar-refractivity contribution in [2.75, 3.05) is 12.4 Å². The second-order valence-electron chi connectivity index (χ2n) is 7.71. The molecule has 0 atom stereocenters. The van der Waals surface area contributed by atoms with Crippen molar-refractivity contribution in [3.8, 4) is 11.5 Å². The van der Waals surface area contributed by atoms with Gasteiger partial charge in [0.25, 0.3) is 5.91 Å². The maximum atomic E-state index is 13.0. The fourth-order valence-electron chi connectivity index (χ4n) is 3.77. The fourth-order valence-corrected chi connectivity index (χ4v) is 5.58. The molecule has 0 unspecified atom stereocenters. The number of anilines is 1. The number of nitrogens with zero attached hydrogens (tertiary/aromatic N) is 3. The minimum atomic E-state index is -3.61. The SMILES string of the molecule is CN(C1CCCCC1)S(=O)(=O)c1ccc(C(=O)Nc2nnc(-c3cccc(Br)c3)o2)cc1. The fraction of sp³-hybridized carbons (Fsp3) is 0.318. The molecule has 1 saturated carbocycles. The van der Waals surface area contributed by atoms with Crippen molar-refractivity contribution in [2.45, 2.75) is 43.0 Å². The van der Waals surface area contributed by atoms with Crippen molar-refractivity contribution in [2.24, 2.45) is 0 Å². The van der Waals surface area contributed by atoms with Gasteiger partial charge in [0.1, 0.15) is 0 Å². The van der Waals surface area contributed by atoms with Crippen LogP contribution in [0.5, 0.6) is 0 Å². The second kappa shape index (κ2) is 9.51. The summed E-state index contributed by atoms with van der Waals surface area (Å²) in [6, 6.07) is 13.2. The van der Waals surface area contributed by atoms with Crippen LogP contribution in [0.25, 0.3) is 11.5 Å². The number of carbonyl (C=O) groups is 1. The molecular weight excluding hydrogens is 496 g/mol. The van der Waals surface area contributed by atoms with E-state index in [1.54, 1.807) is 7.05 Å².